The van der Waals surface area contributed by atoms with Gasteiger partial charge in [-0.2, -0.15) is 0 Å². The minimum absolute atomic E-state index is 0.122. The van der Waals surface area contributed by atoms with E-state index >= 15 is 0 Å². The molecular formula is C25H28N2O3. The minimum Gasteiger partial charge on any atom is -0.457 e. The average Bonchev–Trinajstić information content (AvgIpc) is 2.73. The SMILES string of the molecule is COC(C)c1ccc(C(=O)Nc2cccc(Oc3ccccc3C(C)C)c2)c(C)n1. The Morgan fingerprint density at radius 1 is 1.00 bits per heavy atom. The quantitative estimate of drug-likeness (QED) is 0.504. The van der Waals surface area contributed by atoms with Gasteiger partial charge in [0.25, 0.3) is 5.91 Å². The number of hydrogen-bond acceptors (Lipinski definition) is 4. The molecule has 0 bridgehead atoms. The number of anilines is 1. The van der Waals surface area contributed by atoms with Crippen LogP contribution in [0.1, 0.15) is 60.1 Å². The molecule has 0 aliphatic rings. The summed E-state index contributed by atoms with van der Waals surface area (Å²) < 4.78 is 11.4. The van der Waals surface area contributed by atoms with Crippen molar-refractivity contribution in [3.05, 3.63) is 83.2 Å². The molecule has 0 aliphatic carbocycles. The first-order valence-electron chi connectivity index (χ1n) is 10.1. The zero-order valence-electron chi connectivity index (χ0n) is 18.1. The van der Waals surface area contributed by atoms with Crippen LogP contribution in [0.15, 0.2) is 60.7 Å². The lowest BCUT2D eigenvalue weighted by atomic mass is 10.0. The number of carbonyl (C=O) groups is 1. The Hall–Kier alpha value is -3.18. The van der Waals surface area contributed by atoms with Gasteiger partial charge in [-0.05, 0) is 55.7 Å². The van der Waals surface area contributed by atoms with Gasteiger partial charge in [-0.25, -0.2) is 0 Å². The highest BCUT2D eigenvalue weighted by Crippen LogP contribution is 2.31. The summed E-state index contributed by atoms with van der Waals surface area (Å²) >= 11 is 0. The van der Waals surface area contributed by atoms with Gasteiger partial charge in [-0.15, -0.1) is 0 Å². The van der Waals surface area contributed by atoms with Crippen LogP contribution in [0.2, 0.25) is 0 Å². The molecule has 0 fully saturated rings. The molecule has 156 valence electrons. The van der Waals surface area contributed by atoms with Crippen molar-refractivity contribution in [2.24, 2.45) is 0 Å². The fraction of sp³-hybridized carbons (Fsp3) is 0.280. The predicted molar refractivity (Wildman–Crippen MR) is 119 cm³/mol. The summed E-state index contributed by atoms with van der Waals surface area (Å²) in [5, 5.41) is 2.94. The van der Waals surface area contributed by atoms with Crippen LogP contribution in [0, 0.1) is 6.92 Å². The number of nitrogens with one attached hydrogen (secondary N) is 1. The number of aryl methyl sites for hydroxylation is 1. The monoisotopic (exact) mass is 404 g/mol. The van der Waals surface area contributed by atoms with E-state index in [9.17, 15) is 4.79 Å². The van der Waals surface area contributed by atoms with Crippen molar-refractivity contribution >= 4 is 11.6 Å². The lowest BCUT2D eigenvalue weighted by molar-refractivity contribution is 0.102. The molecule has 3 aromatic rings. The van der Waals surface area contributed by atoms with Gasteiger partial charge in [0.05, 0.1) is 23.1 Å². The van der Waals surface area contributed by atoms with E-state index in [1.165, 1.54) is 0 Å². The second-order valence-electron chi connectivity index (χ2n) is 7.52. The van der Waals surface area contributed by atoms with E-state index in [0.717, 1.165) is 17.0 Å². The number of hydrogen-bond donors (Lipinski definition) is 1. The summed E-state index contributed by atoms with van der Waals surface area (Å²) in [6, 6.07) is 19.0. The number of carbonyl (C=O) groups excluding carboxylic acids is 1. The Morgan fingerprint density at radius 3 is 2.47 bits per heavy atom. The van der Waals surface area contributed by atoms with Crippen LogP contribution in [0.4, 0.5) is 5.69 Å². The van der Waals surface area contributed by atoms with Gasteiger partial charge in [0.1, 0.15) is 11.5 Å². The number of benzene rings is 2. The molecule has 0 saturated heterocycles. The maximum Gasteiger partial charge on any atom is 0.257 e. The van der Waals surface area contributed by atoms with E-state index in [4.69, 9.17) is 9.47 Å². The lowest BCUT2D eigenvalue weighted by Crippen LogP contribution is -2.15. The Kier molecular flexibility index (Phi) is 6.85. The standard InChI is InChI=1S/C25H28N2O3/c1-16(2)21-11-6-7-12-24(21)30-20-10-8-9-19(15-20)27-25(28)22-13-14-23(18(4)29-5)26-17(22)3/h6-16,18H,1-5H3,(H,27,28). The predicted octanol–water partition coefficient (Wildman–Crippen LogP) is 6.27. The Labute approximate surface area is 178 Å². The highest BCUT2D eigenvalue weighted by atomic mass is 16.5. The van der Waals surface area contributed by atoms with Gasteiger partial charge in [0.15, 0.2) is 0 Å². The molecule has 1 aromatic heterocycles. The first kappa shape index (κ1) is 21.5. The Bertz CT molecular complexity index is 1030. The number of rotatable bonds is 7. The Morgan fingerprint density at radius 2 is 1.77 bits per heavy atom. The van der Waals surface area contributed by atoms with Crippen molar-refractivity contribution in [2.75, 3.05) is 12.4 Å². The lowest BCUT2D eigenvalue weighted by Gasteiger charge is -2.15. The summed E-state index contributed by atoms with van der Waals surface area (Å²) in [5.74, 6) is 1.62. The number of pyridine rings is 1. The van der Waals surface area contributed by atoms with Crippen molar-refractivity contribution < 1.29 is 14.3 Å². The van der Waals surface area contributed by atoms with E-state index in [2.05, 4.69) is 30.2 Å². The number of amides is 1. The average molecular weight is 405 g/mol. The molecule has 1 unspecified atom stereocenters. The molecule has 0 aliphatic heterocycles. The van der Waals surface area contributed by atoms with Crippen LogP contribution in [-0.2, 0) is 4.74 Å². The van der Waals surface area contributed by atoms with Gasteiger partial charge in [-0.1, -0.05) is 38.1 Å². The van der Waals surface area contributed by atoms with E-state index in [0.29, 0.717) is 28.6 Å². The van der Waals surface area contributed by atoms with Crippen molar-refractivity contribution in [1.82, 2.24) is 4.98 Å². The van der Waals surface area contributed by atoms with Crippen LogP contribution in [-0.4, -0.2) is 18.0 Å². The fourth-order valence-corrected chi connectivity index (χ4v) is 3.18. The minimum atomic E-state index is -0.212. The van der Waals surface area contributed by atoms with Crippen LogP contribution in [0.25, 0.3) is 0 Å². The second kappa shape index (κ2) is 9.55. The molecule has 30 heavy (non-hydrogen) atoms. The second-order valence-corrected chi connectivity index (χ2v) is 7.52. The molecule has 1 heterocycles. The van der Waals surface area contributed by atoms with Crippen LogP contribution >= 0.6 is 0 Å². The van der Waals surface area contributed by atoms with Crippen molar-refractivity contribution in [2.45, 2.75) is 39.7 Å². The van der Waals surface area contributed by atoms with Crippen molar-refractivity contribution in [3.63, 3.8) is 0 Å². The molecule has 0 radical (unpaired) electrons. The molecule has 5 nitrogen and oxygen atoms in total. The molecule has 0 saturated carbocycles. The topological polar surface area (TPSA) is 60.5 Å². The molecule has 0 spiro atoms. The highest BCUT2D eigenvalue weighted by Gasteiger charge is 2.14. The molecule has 1 N–H and O–H groups in total. The van der Waals surface area contributed by atoms with Crippen molar-refractivity contribution in [1.29, 1.82) is 0 Å². The molecule has 1 amide bonds. The molecule has 2 aromatic carbocycles. The number of nitrogens with zero attached hydrogens (tertiary/aromatic N) is 1. The third kappa shape index (κ3) is 5.05. The largest absolute Gasteiger partial charge is 0.457 e. The van der Waals surface area contributed by atoms with E-state index in [1.807, 2.05) is 62.4 Å². The third-order valence-electron chi connectivity index (χ3n) is 4.98. The van der Waals surface area contributed by atoms with Crippen molar-refractivity contribution in [3.8, 4) is 11.5 Å². The number of methoxy groups -OCH3 is 1. The number of para-hydroxylation sites is 1. The summed E-state index contributed by atoms with van der Waals surface area (Å²) in [5.41, 5.74) is 3.78. The maximum atomic E-state index is 12.8. The van der Waals surface area contributed by atoms with Crippen LogP contribution in [0.3, 0.4) is 0 Å². The van der Waals surface area contributed by atoms with Crippen LogP contribution in [0.5, 0.6) is 11.5 Å². The van der Waals surface area contributed by atoms with Gasteiger partial charge in [0.2, 0.25) is 0 Å². The molecule has 3 rings (SSSR count). The third-order valence-corrected chi connectivity index (χ3v) is 4.98. The van der Waals surface area contributed by atoms with E-state index in [-0.39, 0.29) is 12.0 Å². The molecule has 1 atom stereocenters. The zero-order chi connectivity index (χ0) is 21.7. The highest BCUT2D eigenvalue weighted by molar-refractivity contribution is 6.05. The summed E-state index contributed by atoms with van der Waals surface area (Å²) in [6.45, 7) is 8.01. The maximum absolute atomic E-state index is 12.8. The summed E-state index contributed by atoms with van der Waals surface area (Å²) in [4.78, 5) is 17.3. The molecule has 5 heteroatoms. The van der Waals surface area contributed by atoms with Gasteiger partial charge in [-0.3, -0.25) is 9.78 Å². The zero-order valence-corrected chi connectivity index (χ0v) is 18.1. The summed E-state index contributed by atoms with van der Waals surface area (Å²) in [7, 11) is 1.64. The van der Waals surface area contributed by atoms with Gasteiger partial charge >= 0.3 is 0 Å². The summed E-state index contributed by atoms with van der Waals surface area (Å²) in [6.07, 6.45) is -0.122. The smallest absolute Gasteiger partial charge is 0.257 e. The fourth-order valence-electron chi connectivity index (χ4n) is 3.18. The van der Waals surface area contributed by atoms with E-state index < -0.39 is 0 Å². The van der Waals surface area contributed by atoms with Gasteiger partial charge in [0, 0.05) is 18.9 Å². The normalized spacial score (nSPS) is 11.9. The Balaban J connectivity index is 1.77. The first-order valence-corrected chi connectivity index (χ1v) is 10.1. The number of ether oxygens (including phenoxy) is 2. The molecular weight excluding hydrogens is 376 g/mol. The first-order chi connectivity index (χ1) is 14.4. The van der Waals surface area contributed by atoms with Gasteiger partial charge < -0.3 is 14.8 Å². The van der Waals surface area contributed by atoms with Crippen LogP contribution < -0.4 is 10.1 Å². The van der Waals surface area contributed by atoms with E-state index in [1.54, 1.807) is 13.2 Å². The number of aromatic nitrogens is 1.